The molecule has 3 N–H and O–H groups in total. The van der Waals surface area contributed by atoms with Gasteiger partial charge in [0.1, 0.15) is 11.6 Å². The van der Waals surface area contributed by atoms with Gasteiger partial charge in [-0.15, -0.1) is 0 Å². The van der Waals surface area contributed by atoms with E-state index in [4.69, 9.17) is 0 Å². The van der Waals surface area contributed by atoms with Gasteiger partial charge in [-0.1, -0.05) is 26.0 Å². The summed E-state index contributed by atoms with van der Waals surface area (Å²) in [6.45, 7) is 4.61. The van der Waals surface area contributed by atoms with E-state index in [-0.39, 0.29) is 24.4 Å². The Hall–Kier alpha value is -2.21. The second-order valence-corrected chi connectivity index (χ2v) is 6.94. The molecule has 2 aromatic rings. The van der Waals surface area contributed by atoms with E-state index in [1.165, 1.54) is 12.1 Å². The molecule has 0 radical (unpaired) electrons. The number of halogens is 1. The van der Waals surface area contributed by atoms with Gasteiger partial charge in [0.15, 0.2) is 0 Å². The van der Waals surface area contributed by atoms with Gasteiger partial charge in [-0.05, 0) is 36.5 Å². The zero-order valence-corrected chi connectivity index (χ0v) is 14.7. The second-order valence-electron chi connectivity index (χ2n) is 6.94. The molecule has 0 aliphatic heterocycles. The monoisotopic (exact) mass is 344 g/mol. The van der Waals surface area contributed by atoms with E-state index in [2.05, 4.69) is 20.6 Å². The molecule has 1 saturated carbocycles. The van der Waals surface area contributed by atoms with Crippen molar-refractivity contribution in [3.63, 3.8) is 0 Å². The predicted octanol–water partition coefficient (Wildman–Crippen LogP) is 3.53. The molecule has 1 aromatic heterocycles. The summed E-state index contributed by atoms with van der Waals surface area (Å²) in [5, 5.41) is 16.0. The van der Waals surface area contributed by atoms with Gasteiger partial charge in [0.25, 0.3) is 0 Å². The summed E-state index contributed by atoms with van der Waals surface area (Å²) in [6, 6.07) is 8.39. The lowest BCUT2D eigenvalue weighted by Gasteiger charge is -2.20. The number of nitrogens with zero attached hydrogens (tertiary/aromatic N) is 2. The molecule has 6 heteroatoms. The van der Waals surface area contributed by atoms with Crippen LogP contribution in [0.3, 0.4) is 0 Å². The standard InChI is InChI=1S/C19H25FN4O/c1-12(2)17(11-25)23-19-22-16(14-6-7-14)9-18(24-19)21-10-13-4-3-5-15(20)8-13/h3-5,8-9,12,14,17,25H,6-7,10-11H2,1-2H3,(H2,21,22,23,24)/t17-/m1/s1. The van der Waals surface area contributed by atoms with Crippen molar-refractivity contribution >= 4 is 11.8 Å². The first-order valence-electron chi connectivity index (χ1n) is 8.80. The van der Waals surface area contributed by atoms with Gasteiger partial charge < -0.3 is 15.7 Å². The molecule has 25 heavy (non-hydrogen) atoms. The number of aliphatic hydroxyl groups is 1. The Kier molecular flexibility index (Phi) is 5.48. The molecule has 1 aliphatic rings. The van der Waals surface area contributed by atoms with Crippen LogP contribution in [-0.2, 0) is 6.54 Å². The van der Waals surface area contributed by atoms with Gasteiger partial charge in [0.2, 0.25) is 5.95 Å². The zero-order valence-electron chi connectivity index (χ0n) is 14.7. The quantitative estimate of drug-likeness (QED) is 0.683. The van der Waals surface area contributed by atoms with Gasteiger partial charge in [0.05, 0.1) is 18.3 Å². The molecular weight excluding hydrogens is 319 g/mol. The minimum absolute atomic E-state index is 0.0285. The molecular formula is C19H25FN4O. The van der Waals surface area contributed by atoms with Gasteiger partial charge in [-0.3, -0.25) is 0 Å². The molecule has 0 spiro atoms. The van der Waals surface area contributed by atoms with Crippen LogP contribution in [-0.4, -0.2) is 27.7 Å². The Morgan fingerprint density at radius 3 is 2.68 bits per heavy atom. The molecule has 0 bridgehead atoms. The number of nitrogens with one attached hydrogen (secondary N) is 2. The topological polar surface area (TPSA) is 70.1 Å². The highest BCUT2D eigenvalue weighted by molar-refractivity contribution is 5.45. The summed E-state index contributed by atoms with van der Waals surface area (Å²) in [6.07, 6.45) is 2.29. The van der Waals surface area contributed by atoms with Crippen molar-refractivity contribution in [3.8, 4) is 0 Å². The molecule has 0 amide bonds. The van der Waals surface area contributed by atoms with E-state index in [9.17, 15) is 9.50 Å². The second kappa shape index (κ2) is 7.78. The molecule has 5 nitrogen and oxygen atoms in total. The Balaban J connectivity index is 1.75. The van der Waals surface area contributed by atoms with E-state index in [1.807, 2.05) is 26.0 Å². The third-order valence-corrected chi connectivity index (χ3v) is 4.42. The SMILES string of the molecule is CC(C)[C@@H](CO)Nc1nc(NCc2cccc(F)c2)cc(C2CC2)n1. The van der Waals surface area contributed by atoms with Crippen molar-refractivity contribution < 1.29 is 9.50 Å². The molecule has 134 valence electrons. The Morgan fingerprint density at radius 2 is 2.04 bits per heavy atom. The fourth-order valence-electron chi connectivity index (χ4n) is 2.64. The summed E-state index contributed by atoms with van der Waals surface area (Å²) in [5.41, 5.74) is 1.87. The number of hydrogen-bond acceptors (Lipinski definition) is 5. The highest BCUT2D eigenvalue weighted by Crippen LogP contribution is 2.40. The zero-order chi connectivity index (χ0) is 17.8. The highest BCUT2D eigenvalue weighted by Gasteiger charge is 2.26. The number of aliphatic hydroxyl groups excluding tert-OH is 1. The largest absolute Gasteiger partial charge is 0.394 e. The molecule has 1 fully saturated rings. The van der Waals surface area contributed by atoms with Crippen LogP contribution < -0.4 is 10.6 Å². The normalized spacial score (nSPS) is 15.2. The number of benzene rings is 1. The summed E-state index contributed by atoms with van der Waals surface area (Å²) in [5.74, 6) is 1.75. The maximum atomic E-state index is 13.3. The van der Waals surface area contributed by atoms with Crippen molar-refractivity contribution in [2.75, 3.05) is 17.2 Å². The Labute approximate surface area is 147 Å². The summed E-state index contributed by atoms with van der Waals surface area (Å²) >= 11 is 0. The maximum absolute atomic E-state index is 13.3. The van der Waals surface area contributed by atoms with Crippen LogP contribution in [0.25, 0.3) is 0 Å². The summed E-state index contributed by atoms with van der Waals surface area (Å²) in [4.78, 5) is 9.11. The molecule has 1 atom stereocenters. The fraction of sp³-hybridized carbons (Fsp3) is 0.474. The lowest BCUT2D eigenvalue weighted by molar-refractivity contribution is 0.248. The van der Waals surface area contributed by atoms with Gasteiger partial charge in [-0.2, -0.15) is 4.98 Å². The van der Waals surface area contributed by atoms with Crippen molar-refractivity contribution in [1.29, 1.82) is 0 Å². The van der Waals surface area contributed by atoms with E-state index < -0.39 is 0 Å². The molecule has 1 heterocycles. The van der Waals surface area contributed by atoms with Crippen molar-refractivity contribution in [1.82, 2.24) is 9.97 Å². The van der Waals surface area contributed by atoms with Crippen molar-refractivity contribution in [2.24, 2.45) is 5.92 Å². The van der Waals surface area contributed by atoms with Gasteiger partial charge in [0, 0.05) is 18.5 Å². The maximum Gasteiger partial charge on any atom is 0.225 e. The molecule has 1 aromatic carbocycles. The fourth-order valence-corrected chi connectivity index (χ4v) is 2.64. The predicted molar refractivity (Wildman–Crippen MR) is 97.1 cm³/mol. The van der Waals surface area contributed by atoms with E-state index in [0.717, 1.165) is 24.1 Å². The molecule has 3 rings (SSSR count). The third kappa shape index (κ3) is 4.89. The lowest BCUT2D eigenvalue weighted by Crippen LogP contribution is -2.30. The first-order chi connectivity index (χ1) is 12.0. The highest BCUT2D eigenvalue weighted by atomic mass is 19.1. The summed E-state index contributed by atoms with van der Waals surface area (Å²) in [7, 11) is 0. The van der Waals surface area contributed by atoms with Crippen LogP contribution in [0.1, 0.15) is 43.9 Å². The lowest BCUT2D eigenvalue weighted by atomic mass is 10.1. The number of aromatic nitrogens is 2. The molecule has 0 saturated heterocycles. The average molecular weight is 344 g/mol. The van der Waals surface area contributed by atoms with Gasteiger partial charge in [-0.25, -0.2) is 9.37 Å². The Bertz CT molecular complexity index is 718. The van der Waals surface area contributed by atoms with Crippen LogP contribution in [0.5, 0.6) is 0 Å². The first kappa shape index (κ1) is 17.6. The smallest absolute Gasteiger partial charge is 0.225 e. The third-order valence-electron chi connectivity index (χ3n) is 4.42. The van der Waals surface area contributed by atoms with E-state index in [0.29, 0.717) is 24.2 Å². The van der Waals surface area contributed by atoms with Crippen LogP contribution in [0, 0.1) is 11.7 Å². The number of anilines is 2. The van der Waals surface area contributed by atoms with Gasteiger partial charge >= 0.3 is 0 Å². The van der Waals surface area contributed by atoms with E-state index in [1.54, 1.807) is 6.07 Å². The van der Waals surface area contributed by atoms with Crippen LogP contribution in [0.15, 0.2) is 30.3 Å². The van der Waals surface area contributed by atoms with Crippen LogP contribution >= 0.6 is 0 Å². The van der Waals surface area contributed by atoms with Crippen molar-refractivity contribution in [2.45, 2.75) is 45.2 Å². The van der Waals surface area contributed by atoms with Crippen LogP contribution in [0.2, 0.25) is 0 Å². The van der Waals surface area contributed by atoms with Crippen molar-refractivity contribution in [3.05, 3.63) is 47.4 Å². The number of hydrogen-bond donors (Lipinski definition) is 3. The molecule has 0 unspecified atom stereocenters. The average Bonchev–Trinajstić information content (AvgIpc) is 3.42. The Morgan fingerprint density at radius 1 is 1.24 bits per heavy atom. The van der Waals surface area contributed by atoms with E-state index >= 15 is 0 Å². The minimum atomic E-state index is -0.245. The summed E-state index contributed by atoms with van der Waals surface area (Å²) < 4.78 is 13.3. The number of rotatable bonds is 8. The first-order valence-corrected chi connectivity index (χ1v) is 8.80. The minimum Gasteiger partial charge on any atom is -0.394 e. The van der Waals surface area contributed by atoms with Crippen LogP contribution in [0.4, 0.5) is 16.2 Å². The molecule has 1 aliphatic carbocycles.